The van der Waals surface area contributed by atoms with E-state index >= 15 is 0 Å². The molecule has 1 saturated heterocycles. The van der Waals surface area contributed by atoms with E-state index in [2.05, 4.69) is 17.4 Å². The molecule has 24 heavy (non-hydrogen) atoms. The standard InChI is InChI=1S/C18H28ClNO3.ClH/c19-14-10-8-13(9-11-14)6-4-2-1-3-5-7-15-17(22)18(23)16(12-21)20-15;/h8-11,15-18,20-23H,1-7,12H2;1H/t15-,16-,17-,18-;/m1./s1. The van der Waals surface area contributed by atoms with Crippen LogP contribution in [-0.2, 0) is 6.42 Å². The minimum Gasteiger partial charge on any atom is -0.395 e. The van der Waals surface area contributed by atoms with Crippen molar-refractivity contribution in [3.63, 3.8) is 0 Å². The van der Waals surface area contributed by atoms with Crippen LogP contribution in [0.5, 0.6) is 0 Å². The van der Waals surface area contributed by atoms with Gasteiger partial charge in [-0.15, -0.1) is 12.4 Å². The molecular weight excluding hydrogens is 349 g/mol. The van der Waals surface area contributed by atoms with Gasteiger partial charge in [-0.05, 0) is 37.0 Å². The number of benzene rings is 1. The van der Waals surface area contributed by atoms with Gasteiger partial charge in [0.1, 0.15) is 0 Å². The second-order valence-corrected chi connectivity index (χ2v) is 6.91. The van der Waals surface area contributed by atoms with Gasteiger partial charge in [-0.3, -0.25) is 0 Å². The van der Waals surface area contributed by atoms with E-state index in [1.165, 1.54) is 24.8 Å². The van der Waals surface area contributed by atoms with Gasteiger partial charge in [-0.2, -0.15) is 0 Å². The van der Waals surface area contributed by atoms with Gasteiger partial charge < -0.3 is 20.6 Å². The molecule has 1 aliphatic heterocycles. The molecule has 4 N–H and O–H groups in total. The lowest BCUT2D eigenvalue weighted by Crippen LogP contribution is -2.36. The van der Waals surface area contributed by atoms with Crippen LogP contribution >= 0.6 is 24.0 Å². The minimum atomic E-state index is -0.857. The molecule has 4 nitrogen and oxygen atoms in total. The number of hydrogen-bond acceptors (Lipinski definition) is 4. The average Bonchev–Trinajstić information content (AvgIpc) is 2.83. The predicted octanol–water partition coefficient (Wildman–Crippen LogP) is 2.70. The third-order valence-electron chi connectivity index (χ3n) is 4.69. The molecule has 1 aromatic carbocycles. The highest BCUT2D eigenvalue weighted by Gasteiger charge is 2.39. The maximum Gasteiger partial charge on any atom is 0.0989 e. The summed E-state index contributed by atoms with van der Waals surface area (Å²) in [6, 6.07) is 7.54. The topological polar surface area (TPSA) is 72.7 Å². The number of aryl methyl sites for hydroxylation is 1. The second-order valence-electron chi connectivity index (χ2n) is 6.48. The fourth-order valence-electron chi connectivity index (χ4n) is 3.24. The number of nitrogens with one attached hydrogen (secondary N) is 1. The van der Waals surface area contributed by atoms with Crippen molar-refractivity contribution >= 4 is 24.0 Å². The molecule has 2 rings (SSSR count). The second kappa shape index (κ2) is 11.3. The lowest BCUT2D eigenvalue weighted by Gasteiger charge is -2.15. The van der Waals surface area contributed by atoms with Crippen LogP contribution in [0.2, 0.25) is 5.02 Å². The number of aliphatic hydroxyl groups is 3. The summed E-state index contributed by atoms with van der Waals surface area (Å²) in [6.07, 6.45) is 6.02. The zero-order valence-electron chi connectivity index (χ0n) is 13.9. The first-order chi connectivity index (χ1) is 11.1. The van der Waals surface area contributed by atoms with Crippen LogP contribution in [0.3, 0.4) is 0 Å². The Hall–Kier alpha value is -0.360. The van der Waals surface area contributed by atoms with Crippen LogP contribution in [0, 0.1) is 0 Å². The highest BCUT2D eigenvalue weighted by atomic mass is 35.5. The van der Waals surface area contributed by atoms with Gasteiger partial charge in [-0.25, -0.2) is 0 Å². The van der Waals surface area contributed by atoms with Crippen molar-refractivity contribution in [2.24, 2.45) is 0 Å². The van der Waals surface area contributed by atoms with E-state index in [9.17, 15) is 10.2 Å². The van der Waals surface area contributed by atoms with E-state index in [1.54, 1.807) is 0 Å². The Morgan fingerprint density at radius 1 is 0.875 bits per heavy atom. The number of halogens is 2. The smallest absolute Gasteiger partial charge is 0.0989 e. The van der Waals surface area contributed by atoms with E-state index in [0.717, 1.165) is 30.7 Å². The van der Waals surface area contributed by atoms with Crippen LogP contribution < -0.4 is 5.32 Å². The molecule has 0 bridgehead atoms. The van der Waals surface area contributed by atoms with Crippen molar-refractivity contribution in [3.05, 3.63) is 34.9 Å². The number of hydrogen-bond donors (Lipinski definition) is 4. The van der Waals surface area contributed by atoms with Gasteiger partial charge in [0.15, 0.2) is 0 Å². The molecule has 0 amide bonds. The number of rotatable bonds is 9. The van der Waals surface area contributed by atoms with E-state index in [0.29, 0.717) is 0 Å². The molecule has 1 heterocycles. The van der Waals surface area contributed by atoms with Crippen molar-refractivity contribution < 1.29 is 15.3 Å². The summed E-state index contributed by atoms with van der Waals surface area (Å²) in [5, 5.41) is 32.7. The first kappa shape index (κ1) is 21.7. The normalized spacial score (nSPS) is 26.3. The van der Waals surface area contributed by atoms with Crippen LogP contribution in [0.1, 0.15) is 44.1 Å². The summed E-state index contributed by atoms with van der Waals surface area (Å²) in [4.78, 5) is 0. The van der Waals surface area contributed by atoms with Crippen molar-refractivity contribution in [2.45, 2.75) is 69.2 Å². The van der Waals surface area contributed by atoms with Crippen LogP contribution in [0.25, 0.3) is 0 Å². The SMILES string of the molecule is Cl.OC[C@H]1N[C@H](CCCCCCCc2ccc(Cl)cc2)[C@@H](O)[C@@H]1O. The van der Waals surface area contributed by atoms with Crippen molar-refractivity contribution in [2.75, 3.05) is 6.61 Å². The van der Waals surface area contributed by atoms with Crippen molar-refractivity contribution in [3.8, 4) is 0 Å². The van der Waals surface area contributed by atoms with Crippen LogP contribution in [0.15, 0.2) is 24.3 Å². The number of unbranched alkanes of at least 4 members (excludes halogenated alkanes) is 4. The van der Waals surface area contributed by atoms with Gasteiger partial charge >= 0.3 is 0 Å². The maximum atomic E-state index is 9.91. The zero-order valence-corrected chi connectivity index (χ0v) is 15.5. The van der Waals surface area contributed by atoms with E-state index in [1.807, 2.05) is 12.1 Å². The zero-order chi connectivity index (χ0) is 16.7. The van der Waals surface area contributed by atoms with Gasteiger partial charge in [-0.1, -0.05) is 49.4 Å². The van der Waals surface area contributed by atoms with Crippen LogP contribution in [-0.4, -0.2) is 46.2 Å². The van der Waals surface area contributed by atoms with Crippen molar-refractivity contribution in [1.29, 1.82) is 0 Å². The molecule has 0 aliphatic carbocycles. The Kier molecular flexibility index (Phi) is 10.2. The first-order valence-corrected chi connectivity index (χ1v) is 8.97. The minimum absolute atomic E-state index is 0. The third-order valence-corrected chi connectivity index (χ3v) is 4.95. The fourth-order valence-corrected chi connectivity index (χ4v) is 3.36. The average molecular weight is 378 g/mol. The predicted molar refractivity (Wildman–Crippen MR) is 99.9 cm³/mol. The van der Waals surface area contributed by atoms with Gasteiger partial charge in [0.05, 0.1) is 24.9 Å². The summed E-state index contributed by atoms with van der Waals surface area (Å²) in [5.41, 5.74) is 1.33. The Bertz CT molecular complexity index is 458. The van der Waals surface area contributed by atoms with E-state index in [4.69, 9.17) is 16.7 Å². The largest absolute Gasteiger partial charge is 0.395 e. The molecule has 0 radical (unpaired) electrons. The molecule has 0 unspecified atom stereocenters. The van der Waals surface area contributed by atoms with E-state index < -0.39 is 18.2 Å². The molecule has 1 fully saturated rings. The molecule has 0 saturated carbocycles. The molecule has 138 valence electrons. The summed E-state index contributed by atoms with van der Waals surface area (Å²) >= 11 is 5.87. The van der Waals surface area contributed by atoms with Gasteiger partial charge in [0, 0.05) is 11.1 Å². The van der Waals surface area contributed by atoms with Gasteiger partial charge in [0.25, 0.3) is 0 Å². The van der Waals surface area contributed by atoms with Gasteiger partial charge in [0.2, 0.25) is 0 Å². The quantitative estimate of drug-likeness (QED) is 0.499. The lowest BCUT2D eigenvalue weighted by atomic mass is 10.0. The highest BCUT2D eigenvalue weighted by Crippen LogP contribution is 2.20. The number of aliphatic hydroxyl groups excluding tert-OH is 3. The summed E-state index contributed by atoms with van der Waals surface area (Å²) in [5.74, 6) is 0. The van der Waals surface area contributed by atoms with E-state index in [-0.39, 0.29) is 25.1 Å². The maximum absolute atomic E-state index is 9.91. The Morgan fingerprint density at radius 2 is 1.46 bits per heavy atom. The fraction of sp³-hybridized carbons (Fsp3) is 0.667. The summed E-state index contributed by atoms with van der Waals surface area (Å²) < 4.78 is 0. The molecule has 1 aromatic rings. The van der Waals surface area contributed by atoms with Crippen molar-refractivity contribution in [1.82, 2.24) is 5.32 Å². The lowest BCUT2D eigenvalue weighted by molar-refractivity contribution is 0.0186. The highest BCUT2D eigenvalue weighted by molar-refractivity contribution is 6.30. The molecule has 4 atom stereocenters. The molecule has 1 aliphatic rings. The first-order valence-electron chi connectivity index (χ1n) is 8.59. The molecule has 0 aromatic heterocycles. The Balaban J connectivity index is 0.00000288. The Morgan fingerprint density at radius 3 is 2.08 bits per heavy atom. The van der Waals surface area contributed by atoms with Crippen LogP contribution in [0.4, 0.5) is 0 Å². The third kappa shape index (κ3) is 6.51. The molecular formula is C18H29Cl2NO3. The monoisotopic (exact) mass is 377 g/mol. The summed E-state index contributed by atoms with van der Waals surface area (Å²) in [6.45, 7) is -0.139. The molecule has 6 heteroatoms. The Labute approximate surface area is 155 Å². The summed E-state index contributed by atoms with van der Waals surface area (Å²) in [7, 11) is 0. The molecule has 0 spiro atoms.